The summed E-state index contributed by atoms with van der Waals surface area (Å²) in [5, 5.41) is 9.72. The highest BCUT2D eigenvalue weighted by molar-refractivity contribution is 6.31. The summed E-state index contributed by atoms with van der Waals surface area (Å²) < 4.78 is 0. The van der Waals surface area contributed by atoms with E-state index in [2.05, 4.69) is 5.92 Å². The number of rotatable bonds is 1. The molecule has 76 valence electrons. The number of aromatic hydroxyl groups is 1. The molecule has 0 aromatic heterocycles. The van der Waals surface area contributed by atoms with Crippen LogP contribution in [0.25, 0.3) is 0 Å². The fraction of sp³-hybridized carbons (Fsp3) is 0. The summed E-state index contributed by atoms with van der Waals surface area (Å²) in [5.41, 5.74) is 4.90. The number of phenols is 1. The molecule has 4 nitrogen and oxygen atoms in total. The van der Waals surface area contributed by atoms with Crippen molar-refractivity contribution < 1.29 is 14.7 Å². The predicted octanol–water partition coefficient (Wildman–Crippen LogP) is 0.695. The molecule has 3 N–H and O–H groups in total. The third kappa shape index (κ3) is 2.73. The molecule has 1 aromatic rings. The van der Waals surface area contributed by atoms with Crippen molar-refractivity contribution in [1.82, 2.24) is 0 Å². The first-order valence-corrected chi connectivity index (χ1v) is 4.21. The molecule has 0 aliphatic carbocycles. The van der Waals surface area contributed by atoms with Crippen molar-refractivity contribution in [3.05, 3.63) is 28.3 Å². The summed E-state index contributed by atoms with van der Waals surface area (Å²) >= 11 is 5.66. The molecule has 0 unspecified atom stereocenters. The van der Waals surface area contributed by atoms with Gasteiger partial charge in [-0.25, -0.2) is 0 Å². The summed E-state index contributed by atoms with van der Waals surface area (Å²) in [7, 11) is 0. The molecule has 0 aliphatic heterocycles. The minimum atomic E-state index is -0.831. The summed E-state index contributed by atoms with van der Waals surface area (Å²) in [4.78, 5) is 20.9. The summed E-state index contributed by atoms with van der Waals surface area (Å²) in [6.45, 7) is 0. The van der Waals surface area contributed by atoms with E-state index in [1.165, 1.54) is 12.1 Å². The molecule has 1 rings (SSSR count). The molecule has 0 aliphatic rings. The fourth-order valence-electron chi connectivity index (χ4n) is 0.934. The van der Waals surface area contributed by atoms with Crippen LogP contribution in [0.1, 0.15) is 15.9 Å². The normalized spacial score (nSPS) is 8.87. The second kappa shape index (κ2) is 4.49. The Morgan fingerprint density at radius 2 is 2.20 bits per heavy atom. The average Bonchev–Trinajstić information content (AvgIpc) is 2.18. The van der Waals surface area contributed by atoms with Crippen LogP contribution in [-0.4, -0.2) is 17.3 Å². The molecule has 0 atom stereocenters. The van der Waals surface area contributed by atoms with E-state index in [1.54, 1.807) is 0 Å². The zero-order valence-corrected chi connectivity index (χ0v) is 8.21. The lowest BCUT2D eigenvalue weighted by atomic mass is 10.1. The average molecular weight is 224 g/mol. The fourth-order valence-corrected chi connectivity index (χ4v) is 1.16. The van der Waals surface area contributed by atoms with Crippen LogP contribution in [0.4, 0.5) is 0 Å². The third-order valence-corrected chi connectivity index (χ3v) is 1.77. The number of aldehydes is 1. The molecule has 0 heterocycles. The van der Waals surface area contributed by atoms with Gasteiger partial charge in [0.05, 0.1) is 11.1 Å². The van der Waals surface area contributed by atoms with E-state index in [1.807, 2.05) is 5.92 Å². The molecule has 15 heavy (non-hydrogen) atoms. The number of hydrogen-bond donors (Lipinski definition) is 2. The van der Waals surface area contributed by atoms with E-state index >= 15 is 0 Å². The van der Waals surface area contributed by atoms with Crippen molar-refractivity contribution in [2.75, 3.05) is 0 Å². The van der Waals surface area contributed by atoms with Crippen molar-refractivity contribution in [1.29, 1.82) is 0 Å². The van der Waals surface area contributed by atoms with E-state index in [0.717, 1.165) is 0 Å². The first kappa shape index (κ1) is 11.1. The van der Waals surface area contributed by atoms with Crippen LogP contribution in [0.15, 0.2) is 12.1 Å². The van der Waals surface area contributed by atoms with Gasteiger partial charge in [-0.1, -0.05) is 17.5 Å². The van der Waals surface area contributed by atoms with Gasteiger partial charge in [0.25, 0.3) is 5.91 Å². The van der Waals surface area contributed by atoms with Gasteiger partial charge < -0.3 is 10.8 Å². The Morgan fingerprint density at radius 3 is 2.73 bits per heavy atom. The van der Waals surface area contributed by atoms with Crippen molar-refractivity contribution >= 4 is 23.8 Å². The number of carbonyl (C=O) groups is 2. The summed E-state index contributed by atoms with van der Waals surface area (Å²) in [6.07, 6.45) is 0.441. The highest BCUT2D eigenvalue weighted by Gasteiger charge is 2.06. The lowest BCUT2D eigenvalue weighted by Crippen LogP contribution is -2.06. The van der Waals surface area contributed by atoms with Crippen molar-refractivity contribution in [3.63, 3.8) is 0 Å². The Kier molecular flexibility index (Phi) is 3.32. The van der Waals surface area contributed by atoms with Gasteiger partial charge in [0.15, 0.2) is 6.29 Å². The van der Waals surface area contributed by atoms with Crippen LogP contribution in [0, 0.1) is 11.8 Å². The lowest BCUT2D eigenvalue weighted by Gasteiger charge is -2.00. The van der Waals surface area contributed by atoms with E-state index in [9.17, 15) is 14.7 Å². The Balaban J connectivity index is 3.31. The number of phenolic OH excluding ortho intramolecular Hbond substituents is 1. The maximum atomic E-state index is 10.5. The first-order chi connectivity index (χ1) is 7.04. The van der Waals surface area contributed by atoms with Crippen LogP contribution in [0.2, 0.25) is 5.02 Å². The minimum Gasteiger partial charge on any atom is -0.506 e. The van der Waals surface area contributed by atoms with Crippen LogP contribution >= 0.6 is 11.6 Å². The second-order valence-electron chi connectivity index (χ2n) is 2.62. The van der Waals surface area contributed by atoms with Crippen LogP contribution < -0.4 is 5.73 Å². The zero-order chi connectivity index (χ0) is 11.4. The van der Waals surface area contributed by atoms with Gasteiger partial charge in [0.2, 0.25) is 0 Å². The topological polar surface area (TPSA) is 80.4 Å². The first-order valence-electron chi connectivity index (χ1n) is 3.83. The molecule has 1 amide bonds. The number of hydrogen-bond acceptors (Lipinski definition) is 3. The van der Waals surface area contributed by atoms with E-state index < -0.39 is 5.91 Å². The van der Waals surface area contributed by atoms with E-state index in [0.29, 0.717) is 6.29 Å². The molecule has 0 fully saturated rings. The molecule has 0 spiro atoms. The van der Waals surface area contributed by atoms with E-state index in [4.69, 9.17) is 17.3 Å². The van der Waals surface area contributed by atoms with Gasteiger partial charge >= 0.3 is 0 Å². The van der Waals surface area contributed by atoms with Gasteiger partial charge in [-0.2, -0.15) is 0 Å². The quantitative estimate of drug-likeness (QED) is 0.543. The van der Waals surface area contributed by atoms with Crippen molar-refractivity contribution in [2.45, 2.75) is 0 Å². The summed E-state index contributed by atoms with van der Waals surface area (Å²) in [5.74, 6) is 3.20. The molecule has 0 saturated carbocycles. The van der Waals surface area contributed by atoms with E-state index in [-0.39, 0.29) is 21.9 Å². The SMILES string of the molecule is NC(=O)C#Cc1cc(Cl)cc(C=O)c1O. The zero-order valence-electron chi connectivity index (χ0n) is 7.45. The van der Waals surface area contributed by atoms with Gasteiger partial charge in [-0.15, -0.1) is 0 Å². The Morgan fingerprint density at radius 1 is 1.53 bits per heavy atom. The smallest absolute Gasteiger partial charge is 0.293 e. The van der Waals surface area contributed by atoms with Crippen LogP contribution in [-0.2, 0) is 4.79 Å². The highest BCUT2D eigenvalue weighted by atomic mass is 35.5. The Bertz CT molecular complexity index is 485. The summed E-state index contributed by atoms with van der Waals surface area (Å²) in [6, 6.07) is 2.62. The Hall–Kier alpha value is -1.99. The molecular formula is C10H6ClNO3. The standard InChI is InChI=1S/C10H6ClNO3/c11-8-3-6(1-2-9(12)14)10(15)7(4-8)5-13/h3-5,15H,(H2,12,14). The number of nitrogens with two attached hydrogens (primary N) is 1. The molecule has 0 bridgehead atoms. The molecule has 0 radical (unpaired) electrons. The van der Waals surface area contributed by atoms with Gasteiger partial charge in [0, 0.05) is 10.9 Å². The molecule has 0 saturated heterocycles. The maximum Gasteiger partial charge on any atom is 0.293 e. The van der Waals surface area contributed by atoms with Crippen molar-refractivity contribution in [3.8, 4) is 17.6 Å². The number of halogens is 1. The number of primary amides is 1. The Labute approximate surface area is 90.7 Å². The molecule has 1 aromatic carbocycles. The highest BCUT2D eigenvalue weighted by Crippen LogP contribution is 2.24. The number of benzene rings is 1. The van der Waals surface area contributed by atoms with Crippen molar-refractivity contribution in [2.24, 2.45) is 5.73 Å². The maximum absolute atomic E-state index is 10.5. The molecule has 5 heteroatoms. The third-order valence-electron chi connectivity index (χ3n) is 1.55. The van der Waals surface area contributed by atoms with Crippen LogP contribution in [0.3, 0.4) is 0 Å². The molecular weight excluding hydrogens is 218 g/mol. The number of amides is 1. The lowest BCUT2D eigenvalue weighted by molar-refractivity contribution is -0.112. The predicted molar refractivity (Wildman–Crippen MR) is 54.6 cm³/mol. The largest absolute Gasteiger partial charge is 0.506 e. The van der Waals surface area contributed by atoms with Crippen LogP contribution in [0.5, 0.6) is 5.75 Å². The minimum absolute atomic E-state index is 0.0104. The monoisotopic (exact) mass is 223 g/mol. The van der Waals surface area contributed by atoms with Gasteiger partial charge in [0.1, 0.15) is 5.75 Å². The van der Waals surface area contributed by atoms with Gasteiger partial charge in [-0.05, 0) is 12.1 Å². The second-order valence-corrected chi connectivity index (χ2v) is 3.06. The van der Waals surface area contributed by atoms with Gasteiger partial charge in [-0.3, -0.25) is 9.59 Å². The number of carbonyl (C=O) groups excluding carboxylic acids is 2.